The van der Waals surface area contributed by atoms with E-state index in [-0.39, 0.29) is 0 Å². The van der Waals surface area contributed by atoms with Gasteiger partial charge in [0.15, 0.2) is 0 Å². The second-order valence-corrected chi connectivity index (χ2v) is 7.36. The lowest BCUT2D eigenvalue weighted by molar-refractivity contribution is 0.110. The van der Waals surface area contributed by atoms with Gasteiger partial charge in [-0.2, -0.15) is 0 Å². The highest BCUT2D eigenvalue weighted by Gasteiger charge is 2.27. The van der Waals surface area contributed by atoms with Gasteiger partial charge in [-0.25, -0.2) is 0 Å². The first kappa shape index (κ1) is 17.7. The van der Waals surface area contributed by atoms with Crippen molar-refractivity contribution >= 4 is 0 Å². The Morgan fingerprint density at radius 1 is 1.17 bits per heavy atom. The van der Waals surface area contributed by atoms with E-state index < -0.39 is 0 Å². The van der Waals surface area contributed by atoms with Crippen LogP contribution in [0.3, 0.4) is 0 Å². The number of nitrogens with zero attached hydrogens (tertiary/aromatic N) is 2. The van der Waals surface area contributed by atoms with Crippen LogP contribution in [0.25, 0.3) is 0 Å². The lowest BCUT2D eigenvalue weighted by atomic mass is 10.0. The van der Waals surface area contributed by atoms with Crippen LogP contribution in [0.15, 0.2) is 24.3 Å². The van der Waals surface area contributed by atoms with E-state index in [1.807, 2.05) is 6.07 Å². The van der Waals surface area contributed by atoms with Crippen molar-refractivity contribution in [2.24, 2.45) is 0 Å². The summed E-state index contributed by atoms with van der Waals surface area (Å²) in [5, 5.41) is 3.57. The van der Waals surface area contributed by atoms with Gasteiger partial charge in [-0.05, 0) is 50.6 Å². The van der Waals surface area contributed by atoms with Gasteiger partial charge in [0.1, 0.15) is 5.75 Å². The normalized spacial score (nSPS) is 25.2. The largest absolute Gasteiger partial charge is 0.497 e. The number of benzene rings is 1. The number of hydrogen-bond acceptors (Lipinski definition) is 4. The van der Waals surface area contributed by atoms with Gasteiger partial charge in [-0.1, -0.05) is 25.0 Å². The Hall–Kier alpha value is -1.10. The molecule has 2 aliphatic rings. The molecule has 134 valence electrons. The number of ether oxygens (including phenoxy) is 1. The summed E-state index contributed by atoms with van der Waals surface area (Å²) in [5.41, 5.74) is 1.40. The second-order valence-electron chi connectivity index (χ2n) is 7.36. The fourth-order valence-corrected chi connectivity index (χ4v) is 4.09. The van der Waals surface area contributed by atoms with Crippen molar-refractivity contribution < 1.29 is 4.74 Å². The van der Waals surface area contributed by atoms with E-state index in [1.165, 1.54) is 44.3 Å². The minimum Gasteiger partial charge on any atom is -0.497 e. The Bertz CT molecular complexity index is 499. The molecule has 0 bridgehead atoms. The lowest BCUT2D eigenvalue weighted by Gasteiger charge is -2.40. The molecular formula is C20H33N3O. The van der Waals surface area contributed by atoms with Crippen LogP contribution in [0.2, 0.25) is 0 Å². The van der Waals surface area contributed by atoms with E-state index >= 15 is 0 Å². The SMILES string of the molecule is COc1cccc(C(CN2CCCCCC2)N2CCNC(C)C2)c1. The van der Waals surface area contributed by atoms with Gasteiger partial charge in [-0.3, -0.25) is 4.90 Å². The Morgan fingerprint density at radius 2 is 1.96 bits per heavy atom. The third kappa shape index (κ3) is 4.71. The summed E-state index contributed by atoms with van der Waals surface area (Å²) in [4.78, 5) is 5.35. The van der Waals surface area contributed by atoms with Crippen LogP contribution >= 0.6 is 0 Å². The Labute approximate surface area is 147 Å². The number of rotatable bonds is 5. The molecule has 0 amide bonds. The predicted molar refractivity (Wildman–Crippen MR) is 99.7 cm³/mol. The molecule has 0 aliphatic carbocycles. The van der Waals surface area contributed by atoms with Gasteiger partial charge >= 0.3 is 0 Å². The number of hydrogen-bond donors (Lipinski definition) is 1. The molecule has 0 aromatic heterocycles. The molecule has 2 fully saturated rings. The van der Waals surface area contributed by atoms with Crippen molar-refractivity contribution in [3.05, 3.63) is 29.8 Å². The molecule has 2 atom stereocenters. The first-order chi connectivity index (χ1) is 11.8. The molecular weight excluding hydrogens is 298 g/mol. The molecule has 3 rings (SSSR count). The zero-order valence-corrected chi connectivity index (χ0v) is 15.3. The van der Waals surface area contributed by atoms with E-state index in [0.29, 0.717) is 12.1 Å². The Kier molecular flexibility index (Phi) is 6.52. The van der Waals surface area contributed by atoms with Crippen LogP contribution in [0, 0.1) is 0 Å². The molecule has 1 aromatic rings. The second kappa shape index (κ2) is 8.84. The number of likely N-dealkylation sites (tertiary alicyclic amines) is 1. The van der Waals surface area contributed by atoms with Crippen LogP contribution in [-0.2, 0) is 0 Å². The van der Waals surface area contributed by atoms with Gasteiger partial charge in [0.05, 0.1) is 7.11 Å². The van der Waals surface area contributed by atoms with Crippen LogP contribution in [0.4, 0.5) is 0 Å². The summed E-state index contributed by atoms with van der Waals surface area (Å²) in [6.45, 7) is 9.27. The van der Waals surface area contributed by atoms with E-state index in [1.54, 1.807) is 7.11 Å². The highest BCUT2D eigenvalue weighted by molar-refractivity contribution is 5.31. The smallest absolute Gasteiger partial charge is 0.119 e. The minimum absolute atomic E-state index is 0.461. The molecule has 4 heteroatoms. The highest BCUT2D eigenvalue weighted by Crippen LogP contribution is 2.27. The molecule has 2 unspecified atom stereocenters. The lowest BCUT2D eigenvalue weighted by Crippen LogP contribution is -2.52. The summed E-state index contributed by atoms with van der Waals surface area (Å²) in [6, 6.07) is 9.72. The van der Waals surface area contributed by atoms with Crippen LogP contribution < -0.4 is 10.1 Å². The van der Waals surface area contributed by atoms with E-state index in [0.717, 1.165) is 31.9 Å². The summed E-state index contributed by atoms with van der Waals surface area (Å²) in [6.07, 6.45) is 5.49. The Morgan fingerprint density at radius 3 is 2.67 bits per heavy atom. The molecule has 0 spiro atoms. The molecule has 0 saturated carbocycles. The summed E-state index contributed by atoms with van der Waals surface area (Å²) in [7, 11) is 1.76. The maximum Gasteiger partial charge on any atom is 0.119 e. The average Bonchev–Trinajstić information content (AvgIpc) is 2.88. The molecule has 2 heterocycles. The van der Waals surface area contributed by atoms with Gasteiger partial charge in [0, 0.05) is 38.3 Å². The molecule has 1 aromatic carbocycles. The van der Waals surface area contributed by atoms with E-state index in [2.05, 4.69) is 40.2 Å². The van der Waals surface area contributed by atoms with Crippen molar-refractivity contribution in [1.82, 2.24) is 15.1 Å². The van der Waals surface area contributed by atoms with Crippen LogP contribution in [-0.4, -0.2) is 62.2 Å². The van der Waals surface area contributed by atoms with Gasteiger partial charge in [0.25, 0.3) is 0 Å². The maximum atomic E-state index is 5.48. The fourth-order valence-electron chi connectivity index (χ4n) is 4.09. The molecule has 2 saturated heterocycles. The standard InChI is InChI=1S/C20H33N3O/c1-17-15-23(13-10-21-17)20(16-22-11-5-3-4-6-12-22)18-8-7-9-19(14-18)24-2/h7-9,14,17,20-21H,3-6,10-13,15-16H2,1-2H3. The third-order valence-corrected chi connectivity index (χ3v) is 5.45. The minimum atomic E-state index is 0.461. The first-order valence-corrected chi connectivity index (χ1v) is 9.60. The molecule has 24 heavy (non-hydrogen) atoms. The molecule has 2 aliphatic heterocycles. The van der Waals surface area contributed by atoms with Crippen LogP contribution in [0.5, 0.6) is 5.75 Å². The number of nitrogens with one attached hydrogen (secondary N) is 1. The summed E-state index contributed by atoms with van der Waals surface area (Å²) >= 11 is 0. The summed E-state index contributed by atoms with van der Waals surface area (Å²) < 4.78 is 5.48. The van der Waals surface area contributed by atoms with Crippen molar-refractivity contribution in [2.45, 2.75) is 44.7 Å². The molecule has 4 nitrogen and oxygen atoms in total. The van der Waals surface area contributed by atoms with Crippen molar-refractivity contribution in [3.8, 4) is 5.75 Å². The number of methoxy groups -OCH3 is 1. The van der Waals surface area contributed by atoms with Gasteiger partial charge in [-0.15, -0.1) is 0 Å². The van der Waals surface area contributed by atoms with Gasteiger partial charge in [0.2, 0.25) is 0 Å². The summed E-state index contributed by atoms with van der Waals surface area (Å²) in [5.74, 6) is 0.969. The highest BCUT2D eigenvalue weighted by atomic mass is 16.5. The number of piperazine rings is 1. The first-order valence-electron chi connectivity index (χ1n) is 9.60. The zero-order valence-electron chi connectivity index (χ0n) is 15.3. The topological polar surface area (TPSA) is 27.7 Å². The monoisotopic (exact) mass is 331 g/mol. The van der Waals surface area contributed by atoms with Crippen molar-refractivity contribution in [1.29, 1.82) is 0 Å². The third-order valence-electron chi connectivity index (χ3n) is 5.45. The average molecular weight is 332 g/mol. The van der Waals surface area contributed by atoms with Gasteiger partial charge < -0.3 is 15.0 Å². The van der Waals surface area contributed by atoms with E-state index in [4.69, 9.17) is 4.74 Å². The Balaban J connectivity index is 1.79. The quantitative estimate of drug-likeness (QED) is 0.898. The molecule has 1 N–H and O–H groups in total. The van der Waals surface area contributed by atoms with Crippen molar-refractivity contribution in [2.75, 3.05) is 46.4 Å². The zero-order chi connectivity index (χ0) is 16.8. The van der Waals surface area contributed by atoms with Crippen LogP contribution in [0.1, 0.15) is 44.2 Å². The maximum absolute atomic E-state index is 5.48. The fraction of sp³-hybridized carbons (Fsp3) is 0.700. The van der Waals surface area contributed by atoms with E-state index in [9.17, 15) is 0 Å². The predicted octanol–water partition coefficient (Wildman–Crippen LogP) is 2.91. The van der Waals surface area contributed by atoms with Crippen molar-refractivity contribution in [3.63, 3.8) is 0 Å². The molecule has 0 radical (unpaired) electrons.